The van der Waals surface area contributed by atoms with E-state index in [1.165, 1.54) is 44.1 Å². The molecule has 1 heteroatoms. The molecule has 0 amide bonds. The molecule has 1 aliphatic carbocycles. The van der Waals surface area contributed by atoms with Crippen LogP contribution in [0.25, 0.3) is 32.9 Å². The summed E-state index contributed by atoms with van der Waals surface area (Å²) in [6, 6.07) is 22.5. The third-order valence-electron chi connectivity index (χ3n) is 7.18. The molecular formula is C25H25N. The van der Waals surface area contributed by atoms with Crippen molar-refractivity contribution in [1.29, 1.82) is 0 Å². The quantitative estimate of drug-likeness (QED) is 0.370. The number of fused-ring (bicyclic) bond motifs is 1. The van der Waals surface area contributed by atoms with E-state index in [1.54, 1.807) is 0 Å². The third-order valence-corrected chi connectivity index (χ3v) is 7.18. The summed E-state index contributed by atoms with van der Waals surface area (Å²) in [5.74, 6) is 0. The van der Waals surface area contributed by atoms with Crippen LogP contribution >= 0.6 is 0 Å². The molecule has 1 nitrogen and oxygen atoms in total. The highest BCUT2D eigenvalue weighted by Gasteiger charge is 2.47. The maximum absolute atomic E-state index is 2.39. The lowest BCUT2D eigenvalue weighted by Gasteiger charge is -2.37. The number of hydrogen-bond donors (Lipinski definition) is 0. The van der Waals surface area contributed by atoms with Gasteiger partial charge in [0.2, 0.25) is 0 Å². The molecule has 26 heavy (non-hydrogen) atoms. The van der Waals surface area contributed by atoms with Crippen LogP contribution in [0.2, 0.25) is 0 Å². The van der Waals surface area contributed by atoms with Crippen LogP contribution in [-0.4, -0.2) is 4.57 Å². The molecule has 0 spiro atoms. The number of para-hydroxylation sites is 1. The van der Waals surface area contributed by atoms with E-state index >= 15 is 0 Å². The summed E-state index contributed by atoms with van der Waals surface area (Å²) in [7, 11) is 2.18. The van der Waals surface area contributed by atoms with E-state index in [9.17, 15) is 0 Å². The minimum absolute atomic E-state index is 0.131. The van der Waals surface area contributed by atoms with Crippen molar-refractivity contribution in [1.82, 2.24) is 4.57 Å². The summed E-state index contributed by atoms with van der Waals surface area (Å²) >= 11 is 0. The molecule has 0 N–H and O–H groups in total. The lowest BCUT2D eigenvalue weighted by molar-refractivity contribution is 0.322. The van der Waals surface area contributed by atoms with Gasteiger partial charge in [-0.3, -0.25) is 0 Å². The highest BCUT2D eigenvalue weighted by molar-refractivity contribution is 6.04. The van der Waals surface area contributed by atoms with E-state index in [4.69, 9.17) is 0 Å². The summed E-state index contributed by atoms with van der Waals surface area (Å²) in [6.45, 7) is 9.55. The normalized spacial score (nSPS) is 17.3. The summed E-state index contributed by atoms with van der Waals surface area (Å²) in [4.78, 5) is 0. The van der Waals surface area contributed by atoms with E-state index in [-0.39, 0.29) is 10.8 Å². The van der Waals surface area contributed by atoms with E-state index < -0.39 is 0 Å². The van der Waals surface area contributed by atoms with Crippen molar-refractivity contribution in [3.05, 3.63) is 71.8 Å². The van der Waals surface area contributed by atoms with E-state index in [0.717, 1.165) is 0 Å². The summed E-state index contributed by atoms with van der Waals surface area (Å²) in [6.07, 6.45) is 0. The van der Waals surface area contributed by atoms with Gasteiger partial charge < -0.3 is 4.57 Å². The Morgan fingerprint density at radius 1 is 0.731 bits per heavy atom. The van der Waals surface area contributed by atoms with Gasteiger partial charge in [0, 0.05) is 29.2 Å². The minimum Gasteiger partial charge on any atom is -0.344 e. The molecule has 0 bridgehead atoms. The highest BCUT2D eigenvalue weighted by Crippen LogP contribution is 2.55. The lowest BCUT2D eigenvalue weighted by Crippen LogP contribution is -2.35. The van der Waals surface area contributed by atoms with Crippen LogP contribution in [0.3, 0.4) is 0 Å². The molecule has 0 fully saturated rings. The molecule has 3 aromatic carbocycles. The topological polar surface area (TPSA) is 4.93 Å². The Balaban J connectivity index is 1.89. The second-order valence-corrected chi connectivity index (χ2v) is 8.79. The first-order valence-electron chi connectivity index (χ1n) is 9.45. The van der Waals surface area contributed by atoms with Crippen molar-refractivity contribution in [2.45, 2.75) is 38.5 Å². The maximum atomic E-state index is 2.39. The van der Waals surface area contributed by atoms with Crippen LogP contribution in [0.5, 0.6) is 0 Å². The Labute approximate surface area is 155 Å². The van der Waals surface area contributed by atoms with Crippen LogP contribution in [0.1, 0.15) is 38.8 Å². The number of aryl methyl sites for hydroxylation is 1. The van der Waals surface area contributed by atoms with Crippen LogP contribution in [0.15, 0.2) is 60.7 Å². The predicted octanol–water partition coefficient (Wildman–Crippen LogP) is 6.57. The molecule has 0 saturated carbocycles. The van der Waals surface area contributed by atoms with Crippen molar-refractivity contribution in [3.8, 4) is 11.3 Å². The van der Waals surface area contributed by atoms with Gasteiger partial charge in [0.05, 0.1) is 0 Å². The number of hydrogen-bond acceptors (Lipinski definition) is 0. The molecule has 1 heterocycles. The molecule has 0 unspecified atom stereocenters. The molecule has 0 radical (unpaired) electrons. The predicted molar refractivity (Wildman–Crippen MR) is 112 cm³/mol. The smallest absolute Gasteiger partial charge is 0.0494 e. The van der Waals surface area contributed by atoms with Gasteiger partial charge in [0.25, 0.3) is 0 Å². The lowest BCUT2D eigenvalue weighted by atomic mass is 9.66. The monoisotopic (exact) mass is 339 g/mol. The van der Waals surface area contributed by atoms with E-state index in [1.807, 2.05) is 0 Å². The Morgan fingerprint density at radius 2 is 1.42 bits per heavy atom. The summed E-state index contributed by atoms with van der Waals surface area (Å²) in [5, 5.41) is 4.14. The van der Waals surface area contributed by atoms with Gasteiger partial charge in [0.15, 0.2) is 0 Å². The molecule has 130 valence electrons. The molecule has 0 saturated heterocycles. The summed E-state index contributed by atoms with van der Waals surface area (Å²) in [5.41, 5.74) is 7.13. The maximum Gasteiger partial charge on any atom is 0.0494 e. The van der Waals surface area contributed by atoms with Crippen molar-refractivity contribution in [3.63, 3.8) is 0 Å². The Hall–Kier alpha value is -2.54. The van der Waals surface area contributed by atoms with Gasteiger partial charge in [0.1, 0.15) is 0 Å². The van der Waals surface area contributed by atoms with Crippen LogP contribution < -0.4 is 0 Å². The van der Waals surface area contributed by atoms with Gasteiger partial charge in [-0.2, -0.15) is 0 Å². The first-order valence-corrected chi connectivity index (χ1v) is 9.45. The first kappa shape index (κ1) is 15.7. The van der Waals surface area contributed by atoms with Crippen molar-refractivity contribution in [2.75, 3.05) is 0 Å². The molecule has 0 aliphatic heterocycles. The van der Waals surface area contributed by atoms with Gasteiger partial charge >= 0.3 is 0 Å². The highest BCUT2D eigenvalue weighted by atomic mass is 14.9. The van der Waals surface area contributed by atoms with Crippen molar-refractivity contribution >= 4 is 21.7 Å². The average molecular weight is 339 g/mol. The van der Waals surface area contributed by atoms with Gasteiger partial charge in [-0.05, 0) is 44.9 Å². The standard InChI is InChI=1S/C25H25N/c1-24(2)19-11-8-10-18-17(13-14-20(23(18)19)25(24,3)4)22-15-16-9-6-7-12-21(16)26(22)5/h6-15H,1-5H3. The number of rotatable bonds is 1. The van der Waals surface area contributed by atoms with E-state index in [0.29, 0.717) is 0 Å². The Kier molecular flexibility index (Phi) is 2.89. The van der Waals surface area contributed by atoms with Gasteiger partial charge in [-0.1, -0.05) is 76.2 Å². The van der Waals surface area contributed by atoms with Crippen LogP contribution in [0.4, 0.5) is 0 Å². The van der Waals surface area contributed by atoms with Gasteiger partial charge in [-0.25, -0.2) is 0 Å². The van der Waals surface area contributed by atoms with E-state index in [2.05, 4.69) is 100.0 Å². The number of aromatic nitrogens is 1. The van der Waals surface area contributed by atoms with Crippen molar-refractivity contribution in [2.24, 2.45) is 7.05 Å². The fourth-order valence-corrected chi connectivity index (χ4v) is 4.89. The van der Waals surface area contributed by atoms with Crippen LogP contribution in [-0.2, 0) is 17.9 Å². The zero-order chi connectivity index (χ0) is 18.3. The second kappa shape index (κ2) is 4.79. The Bertz CT molecular complexity index is 1170. The molecule has 1 aromatic heterocycles. The van der Waals surface area contributed by atoms with Gasteiger partial charge in [-0.15, -0.1) is 0 Å². The van der Waals surface area contributed by atoms with Crippen LogP contribution in [0, 0.1) is 0 Å². The third kappa shape index (κ3) is 1.71. The zero-order valence-electron chi connectivity index (χ0n) is 16.2. The minimum atomic E-state index is 0.131. The molecule has 5 rings (SSSR count). The largest absolute Gasteiger partial charge is 0.344 e. The molecule has 1 aliphatic rings. The first-order chi connectivity index (χ1) is 12.3. The summed E-state index contributed by atoms with van der Waals surface area (Å²) < 4.78 is 2.32. The fourth-order valence-electron chi connectivity index (χ4n) is 4.89. The number of nitrogens with zero attached hydrogens (tertiary/aromatic N) is 1. The van der Waals surface area contributed by atoms with Crippen molar-refractivity contribution < 1.29 is 0 Å². The molecular weight excluding hydrogens is 314 g/mol. The molecule has 4 aromatic rings. The Morgan fingerprint density at radius 3 is 2.15 bits per heavy atom. The zero-order valence-corrected chi connectivity index (χ0v) is 16.2. The number of benzene rings is 3. The average Bonchev–Trinajstić information content (AvgIpc) is 3.03. The SMILES string of the molecule is Cn1c(-c2ccc3c4c(cccc24)C(C)(C)C3(C)C)cc2ccccc21. The molecule has 0 atom stereocenters. The fraction of sp³-hybridized carbons (Fsp3) is 0.280. The second-order valence-electron chi connectivity index (χ2n) is 8.79.